The highest BCUT2D eigenvalue weighted by atomic mass is 35.5. The van der Waals surface area contributed by atoms with E-state index >= 15 is 0 Å². The van der Waals surface area contributed by atoms with Gasteiger partial charge in [0.05, 0.1) is 0 Å². The van der Waals surface area contributed by atoms with Gasteiger partial charge in [-0.05, 0) is 26.1 Å². The molecule has 0 N–H and O–H groups in total. The first-order chi connectivity index (χ1) is 5.13. The molecule has 0 aromatic rings. The Balaban J connectivity index is 4.67. The van der Waals surface area contributed by atoms with Crippen molar-refractivity contribution in [1.82, 2.24) is 0 Å². The molecule has 0 aliphatic heterocycles. The van der Waals surface area contributed by atoms with E-state index < -0.39 is 5.83 Å². The van der Waals surface area contributed by atoms with Crippen LogP contribution >= 0.6 is 11.6 Å². The van der Waals surface area contributed by atoms with Crippen LogP contribution in [-0.2, 0) is 0 Å². The van der Waals surface area contributed by atoms with Crippen LogP contribution in [0.1, 0.15) is 20.3 Å². The lowest BCUT2D eigenvalue weighted by Crippen LogP contribution is -1.81. The summed E-state index contributed by atoms with van der Waals surface area (Å²) in [7, 11) is 0. The van der Waals surface area contributed by atoms with Crippen LogP contribution in [0.5, 0.6) is 0 Å². The Bertz CT molecular complexity index is 202. The van der Waals surface area contributed by atoms with Crippen molar-refractivity contribution in [2.75, 3.05) is 0 Å². The van der Waals surface area contributed by atoms with E-state index in [1.807, 2.05) is 6.92 Å². The third-order valence-electron chi connectivity index (χ3n) is 1.09. The summed E-state index contributed by atoms with van der Waals surface area (Å²) in [5.74, 6) is -0.407. The van der Waals surface area contributed by atoms with Gasteiger partial charge >= 0.3 is 0 Å². The van der Waals surface area contributed by atoms with E-state index in [4.69, 9.17) is 11.6 Å². The molecule has 1 nitrogen and oxygen atoms in total. The van der Waals surface area contributed by atoms with E-state index in [9.17, 15) is 4.39 Å². The molecule has 0 heterocycles. The fourth-order valence-corrected chi connectivity index (χ4v) is 0.775. The number of halogens is 2. The lowest BCUT2D eigenvalue weighted by molar-refractivity contribution is 0.642. The van der Waals surface area contributed by atoms with Crippen LogP contribution in [0.15, 0.2) is 27.6 Å². The maximum atomic E-state index is 12.9. The zero-order chi connectivity index (χ0) is 8.85. The van der Waals surface area contributed by atoms with Gasteiger partial charge in [0, 0.05) is 5.03 Å². The first-order valence-corrected chi connectivity index (χ1v) is 3.70. The maximum absolute atomic E-state index is 12.9. The lowest BCUT2D eigenvalue weighted by Gasteiger charge is -1.97. The van der Waals surface area contributed by atoms with Gasteiger partial charge in [0.1, 0.15) is 11.5 Å². The highest BCUT2D eigenvalue weighted by Gasteiger charge is 2.03. The average Bonchev–Trinajstić information content (AvgIpc) is 1.88. The summed E-state index contributed by atoms with van der Waals surface area (Å²) in [4.78, 5) is 3.46. The molecule has 0 bridgehead atoms. The molecule has 0 amide bonds. The smallest absolute Gasteiger partial charge is 0.145 e. The van der Waals surface area contributed by atoms with Crippen LogP contribution in [0, 0.1) is 0 Å². The van der Waals surface area contributed by atoms with Gasteiger partial charge in [-0.2, -0.15) is 0 Å². The first kappa shape index (κ1) is 10.4. The summed E-state index contributed by atoms with van der Waals surface area (Å²) in [5, 5.41) is 0.321. The second kappa shape index (κ2) is 5.08. The predicted molar refractivity (Wildman–Crippen MR) is 47.6 cm³/mol. The fourth-order valence-electron chi connectivity index (χ4n) is 0.625. The SMILES string of the molecule is C=NC(=C(/C)Cl)/C(F)=C\CC. The molecule has 0 fully saturated rings. The first-order valence-electron chi connectivity index (χ1n) is 3.32. The van der Waals surface area contributed by atoms with Crippen LogP contribution in [-0.4, -0.2) is 6.72 Å². The Morgan fingerprint density at radius 1 is 1.73 bits per heavy atom. The lowest BCUT2D eigenvalue weighted by atomic mass is 10.3. The molecule has 0 rings (SSSR count). The number of allylic oxidation sites excluding steroid dienone is 3. The second-order valence-electron chi connectivity index (χ2n) is 2.00. The molecular weight excluding hydrogens is 165 g/mol. The number of hydrogen-bond donors (Lipinski definition) is 0. The van der Waals surface area contributed by atoms with Crippen LogP contribution in [0.3, 0.4) is 0 Å². The van der Waals surface area contributed by atoms with Crippen molar-refractivity contribution in [3.05, 3.63) is 22.6 Å². The summed E-state index contributed by atoms with van der Waals surface area (Å²) in [6, 6.07) is 0. The zero-order valence-corrected chi connectivity index (χ0v) is 7.45. The van der Waals surface area contributed by atoms with Gasteiger partial charge in [-0.1, -0.05) is 18.5 Å². The Kier molecular flexibility index (Phi) is 4.79. The van der Waals surface area contributed by atoms with Crippen LogP contribution < -0.4 is 0 Å². The van der Waals surface area contributed by atoms with Crippen molar-refractivity contribution in [2.24, 2.45) is 4.99 Å². The maximum Gasteiger partial charge on any atom is 0.145 e. The minimum atomic E-state index is -0.407. The Morgan fingerprint density at radius 2 is 2.27 bits per heavy atom. The van der Waals surface area contributed by atoms with Crippen molar-refractivity contribution in [3.63, 3.8) is 0 Å². The minimum Gasteiger partial charge on any atom is -0.260 e. The molecule has 0 radical (unpaired) electrons. The minimum absolute atomic E-state index is 0.133. The Labute approximate surface area is 71.3 Å². The average molecular weight is 176 g/mol. The molecule has 11 heavy (non-hydrogen) atoms. The molecule has 0 aliphatic carbocycles. The van der Waals surface area contributed by atoms with Gasteiger partial charge in [-0.15, -0.1) is 0 Å². The summed E-state index contributed by atoms with van der Waals surface area (Å²) < 4.78 is 12.9. The number of nitrogens with zero attached hydrogens (tertiary/aromatic N) is 1. The highest BCUT2D eigenvalue weighted by molar-refractivity contribution is 6.29. The standard InChI is InChI=1S/C8H11ClFN/c1-4-5-7(10)8(11-3)6(2)9/h5H,3-4H2,1-2H3/b7-5+,8-6-. The molecule has 0 aliphatic rings. The zero-order valence-electron chi connectivity index (χ0n) is 6.69. The molecule has 0 atom stereocenters. The number of aliphatic imine (C=N–C) groups is 1. The van der Waals surface area contributed by atoms with Crippen LogP contribution in [0.25, 0.3) is 0 Å². The molecule has 0 unspecified atom stereocenters. The van der Waals surface area contributed by atoms with Gasteiger partial charge in [-0.25, -0.2) is 4.39 Å². The van der Waals surface area contributed by atoms with Gasteiger partial charge in [-0.3, -0.25) is 4.99 Å². The summed E-state index contributed by atoms with van der Waals surface area (Å²) in [6.07, 6.45) is 2.03. The number of hydrogen-bond acceptors (Lipinski definition) is 1. The normalized spacial score (nSPS) is 14.4. The van der Waals surface area contributed by atoms with Gasteiger partial charge in [0.15, 0.2) is 0 Å². The van der Waals surface area contributed by atoms with Crippen molar-refractivity contribution < 1.29 is 4.39 Å². The van der Waals surface area contributed by atoms with Crippen LogP contribution in [0.4, 0.5) is 4.39 Å². The van der Waals surface area contributed by atoms with Crippen molar-refractivity contribution >= 4 is 18.3 Å². The van der Waals surface area contributed by atoms with Gasteiger partial charge < -0.3 is 0 Å². The molecule has 0 spiro atoms. The van der Waals surface area contributed by atoms with E-state index in [0.29, 0.717) is 11.5 Å². The van der Waals surface area contributed by atoms with E-state index in [-0.39, 0.29) is 5.70 Å². The van der Waals surface area contributed by atoms with Crippen molar-refractivity contribution in [3.8, 4) is 0 Å². The molecule has 62 valence electrons. The van der Waals surface area contributed by atoms with E-state index in [1.54, 1.807) is 6.92 Å². The summed E-state index contributed by atoms with van der Waals surface area (Å²) in [5.41, 5.74) is 0.133. The summed E-state index contributed by atoms with van der Waals surface area (Å²) >= 11 is 5.54. The van der Waals surface area contributed by atoms with Crippen LogP contribution in [0.2, 0.25) is 0 Å². The molecule has 3 heteroatoms. The van der Waals surface area contributed by atoms with E-state index in [1.165, 1.54) is 6.08 Å². The third kappa shape index (κ3) is 3.33. The van der Waals surface area contributed by atoms with Crippen molar-refractivity contribution in [1.29, 1.82) is 0 Å². The molecule has 0 aromatic carbocycles. The van der Waals surface area contributed by atoms with Gasteiger partial charge in [0.2, 0.25) is 0 Å². The predicted octanol–water partition coefficient (Wildman–Crippen LogP) is 3.42. The van der Waals surface area contributed by atoms with Crippen molar-refractivity contribution in [2.45, 2.75) is 20.3 Å². The molecular formula is C8H11ClFN. The quantitative estimate of drug-likeness (QED) is 0.461. The summed E-state index contributed by atoms with van der Waals surface area (Å²) in [6.45, 7) is 6.63. The molecule has 0 saturated carbocycles. The molecule has 0 aromatic heterocycles. The Morgan fingerprint density at radius 3 is 2.55 bits per heavy atom. The van der Waals surface area contributed by atoms with E-state index in [0.717, 1.165) is 0 Å². The largest absolute Gasteiger partial charge is 0.260 e. The fraction of sp³-hybridized carbons (Fsp3) is 0.375. The second-order valence-corrected chi connectivity index (χ2v) is 2.57. The monoisotopic (exact) mass is 175 g/mol. The molecule has 0 saturated heterocycles. The third-order valence-corrected chi connectivity index (χ3v) is 1.27. The van der Waals surface area contributed by atoms with E-state index in [2.05, 4.69) is 11.7 Å². The topological polar surface area (TPSA) is 12.4 Å². The highest BCUT2D eigenvalue weighted by Crippen LogP contribution is 2.19. The van der Waals surface area contributed by atoms with Gasteiger partial charge in [0.25, 0.3) is 0 Å². The Hall–Kier alpha value is -0.630. The number of rotatable bonds is 3.